The van der Waals surface area contributed by atoms with E-state index >= 15 is 0 Å². The maximum Gasteiger partial charge on any atom is 0.170 e. The van der Waals surface area contributed by atoms with Crippen LogP contribution in [0.4, 0.5) is 0 Å². The summed E-state index contributed by atoms with van der Waals surface area (Å²) in [4.78, 5) is 9.67. The highest BCUT2D eigenvalue weighted by Gasteiger charge is 2.19. The molecule has 0 atom stereocenters. The zero-order valence-electron chi connectivity index (χ0n) is 12.8. The van der Waals surface area contributed by atoms with E-state index < -0.39 is 6.17 Å². The second-order valence-corrected chi connectivity index (χ2v) is 5.98. The summed E-state index contributed by atoms with van der Waals surface area (Å²) in [7, 11) is 0. The molecule has 0 unspecified atom stereocenters. The van der Waals surface area contributed by atoms with Crippen molar-refractivity contribution in [3.8, 4) is 5.75 Å². The molecule has 0 aromatic heterocycles. The predicted octanol–water partition coefficient (Wildman–Crippen LogP) is 3.65. The van der Waals surface area contributed by atoms with Crippen molar-refractivity contribution in [2.45, 2.75) is 6.17 Å². The minimum Gasteiger partial charge on any atom is -0.508 e. The molecule has 1 aliphatic rings. The Hall–Kier alpha value is -3.20. The third-order valence-electron chi connectivity index (χ3n) is 4.60. The van der Waals surface area contributed by atoms with Gasteiger partial charge in [0, 0.05) is 16.3 Å². The Bertz CT molecular complexity index is 1150. The van der Waals surface area contributed by atoms with Crippen LogP contribution in [0.3, 0.4) is 0 Å². The van der Waals surface area contributed by atoms with Gasteiger partial charge in [-0.15, -0.1) is 0 Å². The van der Waals surface area contributed by atoms with Crippen LogP contribution in [0.1, 0.15) is 11.7 Å². The minimum atomic E-state index is -0.393. The fraction of sp³-hybridized carbons (Fsp3) is 0.0476. The Kier molecular flexibility index (Phi) is 2.71. The first-order valence-corrected chi connectivity index (χ1v) is 7.96. The van der Waals surface area contributed by atoms with Crippen molar-refractivity contribution in [3.63, 3.8) is 0 Å². The van der Waals surface area contributed by atoms with Crippen molar-refractivity contribution in [2.24, 2.45) is 9.98 Å². The van der Waals surface area contributed by atoms with Gasteiger partial charge in [-0.1, -0.05) is 66.7 Å². The average molecular weight is 310 g/mol. The molecule has 3 nitrogen and oxygen atoms in total. The third kappa shape index (κ3) is 1.78. The number of rotatable bonds is 1. The average Bonchev–Trinajstić information content (AvgIpc) is 3.08. The van der Waals surface area contributed by atoms with Gasteiger partial charge in [0.25, 0.3) is 0 Å². The minimum absolute atomic E-state index is 0.233. The molecule has 1 aliphatic heterocycles. The van der Waals surface area contributed by atoms with E-state index in [1.807, 2.05) is 42.5 Å². The van der Waals surface area contributed by atoms with Crippen molar-refractivity contribution in [1.29, 1.82) is 0 Å². The molecule has 0 bridgehead atoms. The van der Waals surface area contributed by atoms with E-state index in [1.54, 1.807) is 6.07 Å². The third-order valence-corrected chi connectivity index (χ3v) is 4.60. The number of aromatic hydroxyl groups is 1. The SMILES string of the molecule is Oc1ccccc1C1N=c2c(c3ccccc3c3ccccc23)=N1. The summed E-state index contributed by atoms with van der Waals surface area (Å²) in [5.74, 6) is 0.233. The first kappa shape index (κ1) is 13.3. The highest BCUT2D eigenvalue weighted by Crippen LogP contribution is 2.29. The molecule has 5 rings (SSSR count). The van der Waals surface area contributed by atoms with Gasteiger partial charge in [0.15, 0.2) is 6.17 Å². The first-order chi connectivity index (χ1) is 11.8. The summed E-state index contributed by atoms with van der Waals surface area (Å²) < 4.78 is 0. The summed E-state index contributed by atoms with van der Waals surface area (Å²) >= 11 is 0. The predicted molar refractivity (Wildman–Crippen MR) is 94.6 cm³/mol. The van der Waals surface area contributed by atoms with E-state index in [2.05, 4.69) is 24.3 Å². The van der Waals surface area contributed by atoms with E-state index in [1.165, 1.54) is 10.8 Å². The number of fused-ring (bicyclic) bond motifs is 6. The summed E-state index contributed by atoms with van der Waals surface area (Å²) in [5.41, 5.74) is 0.738. The lowest BCUT2D eigenvalue weighted by molar-refractivity contribution is 0.462. The molecule has 1 N–H and O–H groups in total. The van der Waals surface area contributed by atoms with Crippen molar-refractivity contribution < 1.29 is 5.11 Å². The van der Waals surface area contributed by atoms with Crippen LogP contribution in [0.2, 0.25) is 0 Å². The van der Waals surface area contributed by atoms with Crippen LogP contribution in [-0.2, 0) is 0 Å². The molecule has 4 aromatic carbocycles. The van der Waals surface area contributed by atoms with Crippen LogP contribution >= 0.6 is 0 Å². The van der Waals surface area contributed by atoms with Crippen LogP contribution in [-0.4, -0.2) is 5.11 Å². The normalized spacial score (nSPS) is 13.7. The highest BCUT2D eigenvalue weighted by atomic mass is 16.3. The number of phenols is 1. The Morgan fingerprint density at radius 2 is 1.04 bits per heavy atom. The molecule has 4 aromatic rings. The largest absolute Gasteiger partial charge is 0.508 e. The standard InChI is InChI=1S/C21H14N2O/c24-18-12-6-5-11-17(18)21-22-19-15-9-3-1-7-13(15)14-8-2-4-10-16(14)20(19)23-21/h1-12,21,24H. The molecule has 0 radical (unpaired) electrons. The maximum absolute atomic E-state index is 10.2. The van der Waals surface area contributed by atoms with Gasteiger partial charge < -0.3 is 5.11 Å². The van der Waals surface area contributed by atoms with E-state index in [-0.39, 0.29) is 5.75 Å². The Balaban J connectivity index is 1.93. The zero-order chi connectivity index (χ0) is 16.1. The highest BCUT2D eigenvalue weighted by molar-refractivity contribution is 6.07. The fourth-order valence-electron chi connectivity index (χ4n) is 3.48. The van der Waals surface area contributed by atoms with Crippen molar-refractivity contribution in [1.82, 2.24) is 0 Å². The molecular weight excluding hydrogens is 296 g/mol. The van der Waals surface area contributed by atoms with Crippen molar-refractivity contribution in [2.75, 3.05) is 0 Å². The Morgan fingerprint density at radius 3 is 1.58 bits per heavy atom. The number of hydrogen-bond acceptors (Lipinski definition) is 3. The van der Waals surface area contributed by atoms with Gasteiger partial charge in [0.05, 0.1) is 10.7 Å². The monoisotopic (exact) mass is 310 g/mol. The summed E-state index contributed by atoms with van der Waals surface area (Å²) in [6.45, 7) is 0. The topological polar surface area (TPSA) is 45.0 Å². The molecule has 0 fully saturated rings. The lowest BCUT2D eigenvalue weighted by atomic mass is 10.0. The van der Waals surface area contributed by atoms with Gasteiger partial charge in [-0.2, -0.15) is 0 Å². The Morgan fingerprint density at radius 1 is 0.583 bits per heavy atom. The van der Waals surface area contributed by atoms with E-state index in [0.29, 0.717) is 0 Å². The maximum atomic E-state index is 10.2. The van der Waals surface area contributed by atoms with Gasteiger partial charge in [0.2, 0.25) is 0 Å². The number of hydrogen-bond donors (Lipinski definition) is 1. The van der Waals surface area contributed by atoms with Crippen LogP contribution in [0.25, 0.3) is 21.5 Å². The molecule has 0 saturated carbocycles. The number of phenolic OH excluding ortho intramolecular Hbond substituents is 1. The molecule has 24 heavy (non-hydrogen) atoms. The van der Waals surface area contributed by atoms with Gasteiger partial charge in [0.1, 0.15) is 5.75 Å². The number of benzene rings is 4. The zero-order valence-corrected chi connectivity index (χ0v) is 12.8. The molecule has 0 aliphatic carbocycles. The van der Waals surface area contributed by atoms with Gasteiger partial charge in [-0.05, 0) is 16.8 Å². The number of para-hydroxylation sites is 1. The van der Waals surface area contributed by atoms with Crippen LogP contribution in [0, 0.1) is 0 Å². The van der Waals surface area contributed by atoms with Crippen LogP contribution in [0.15, 0.2) is 82.8 Å². The fourth-order valence-corrected chi connectivity index (χ4v) is 3.48. The second-order valence-electron chi connectivity index (χ2n) is 5.98. The quantitative estimate of drug-likeness (QED) is 0.536. The summed E-state index contributed by atoms with van der Waals surface area (Å²) in [6, 6.07) is 23.9. The van der Waals surface area contributed by atoms with E-state index in [9.17, 15) is 5.11 Å². The summed E-state index contributed by atoms with van der Waals surface area (Å²) in [6.07, 6.45) is -0.393. The van der Waals surface area contributed by atoms with Crippen LogP contribution in [0.5, 0.6) is 5.75 Å². The molecule has 0 amide bonds. The van der Waals surface area contributed by atoms with Gasteiger partial charge in [-0.3, -0.25) is 9.98 Å². The van der Waals surface area contributed by atoms with Crippen molar-refractivity contribution in [3.05, 3.63) is 89.1 Å². The summed E-state index contributed by atoms with van der Waals surface area (Å²) in [5, 5.41) is 16.6. The molecule has 0 saturated heterocycles. The molecule has 114 valence electrons. The van der Waals surface area contributed by atoms with Crippen molar-refractivity contribution >= 4 is 21.5 Å². The Labute approximate surface area is 138 Å². The lowest BCUT2D eigenvalue weighted by Crippen LogP contribution is -2.23. The molecular formula is C21H14N2O. The molecule has 0 spiro atoms. The van der Waals surface area contributed by atoms with E-state index in [0.717, 1.165) is 27.1 Å². The van der Waals surface area contributed by atoms with Gasteiger partial charge in [-0.25, -0.2) is 0 Å². The van der Waals surface area contributed by atoms with E-state index in [4.69, 9.17) is 9.98 Å². The number of nitrogens with zero attached hydrogens (tertiary/aromatic N) is 2. The van der Waals surface area contributed by atoms with Gasteiger partial charge >= 0.3 is 0 Å². The molecule has 3 heteroatoms. The second kappa shape index (κ2) is 4.90. The smallest absolute Gasteiger partial charge is 0.170 e. The first-order valence-electron chi connectivity index (χ1n) is 7.96. The lowest BCUT2D eigenvalue weighted by Gasteiger charge is -2.06. The molecule has 1 heterocycles. The van der Waals surface area contributed by atoms with Crippen LogP contribution < -0.4 is 10.7 Å².